The molecule has 0 aliphatic carbocycles. The van der Waals surface area contributed by atoms with Crippen LogP contribution in [0, 0.1) is 0 Å². The van der Waals surface area contributed by atoms with E-state index in [0.717, 1.165) is 42.1 Å². The third-order valence-electron chi connectivity index (χ3n) is 6.02. The molecule has 3 aliphatic rings. The molecule has 0 spiro atoms. The van der Waals surface area contributed by atoms with Gasteiger partial charge < -0.3 is 4.90 Å². The van der Waals surface area contributed by atoms with Gasteiger partial charge in [0.05, 0.1) is 0 Å². The Morgan fingerprint density at radius 3 is 2.23 bits per heavy atom. The molecule has 2 unspecified atom stereocenters. The Labute approximate surface area is 161 Å². The number of imide groups is 1. The average Bonchev–Trinajstić information content (AvgIpc) is 3.10. The highest BCUT2D eigenvalue weighted by Crippen LogP contribution is 2.39. The second-order valence-corrected chi connectivity index (χ2v) is 8.41. The van der Waals surface area contributed by atoms with Crippen LogP contribution in [0.2, 0.25) is 0 Å². The molecule has 1 aromatic carbocycles. The van der Waals surface area contributed by atoms with Crippen molar-refractivity contribution in [3.05, 3.63) is 34.3 Å². The Balaban J connectivity index is 1.40. The molecule has 1 aromatic rings. The highest BCUT2D eigenvalue weighted by Gasteiger charge is 2.47. The van der Waals surface area contributed by atoms with E-state index in [1.807, 2.05) is 24.3 Å². The standard InChI is InChI=1S/C20H23BrN2O3/c21-17-4-2-1-3-13(17)5-8-18(24)22-14-6-7-15(22)12-16(11-14)23-19(25)9-10-20(23)26/h1-4,14-16H,5-12H2. The first-order valence-corrected chi connectivity index (χ1v) is 10.2. The van der Waals surface area contributed by atoms with Gasteiger partial charge in [0.2, 0.25) is 17.7 Å². The minimum absolute atomic E-state index is 0.0117. The van der Waals surface area contributed by atoms with Crippen molar-refractivity contribution in [3.63, 3.8) is 0 Å². The highest BCUT2D eigenvalue weighted by atomic mass is 79.9. The molecule has 0 saturated carbocycles. The number of hydrogen-bond acceptors (Lipinski definition) is 3. The molecular formula is C20H23BrN2O3. The van der Waals surface area contributed by atoms with Crippen molar-refractivity contribution < 1.29 is 14.4 Å². The molecule has 2 atom stereocenters. The first-order valence-electron chi connectivity index (χ1n) is 9.44. The summed E-state index contributed by atoms with van der Waals surface area (Å²) in [6.07, 6.45) is 5.38. The summed E-state index contributed by atoms with van der Waals surface area (Å²) in [6.45, 7) is 0. The maximum atomic E-state index is 12.9. The number of halogens is 1. The Kier molecular flexibility index (Phi) is 4.86. The fourth-order valence-corrected chi connectivity index (χ4v) is 5.32. The van der Waals surface area contributed by atoms with Crippen LogP contribution in [0.5, 0.6) is 0 Å². The summed E-state index contributed by atoms with van der Waals surface area (Å²) in [5.74, 6) is 0.131. The van der Waals surface area contributed by atoms with Crippen LogP contribution in [0.4, 0.5) is 0 Å². The van der Waals surface area contributed by atoms with Gasteiger partial charge in [-0.1, -0.05) is 34.1 Å². The minimum Gasteiger partial charge on any atom is -0.337 e. The van der Waals surface area contributed by atoms with Gasteiger partial charge in [0, 0.05) is 41.9 Å². The van der Waals surface area contributed by atoms with Crippen molar-refractivity contribution >= 4 is 33.7 Å². The lowest BCUT2D eigenvalue weighted by molar-refractivity contribution is -0.144. The second-order valence-electron chi connectivity index (χ2n) is 7.56. The maximum Gasteiger partial charge on any atom is 0.229 e. The molecule has 3 heterocycles. The Hall–Kier alpha value is -1.69. The van der Waals surface area contributed by atoms with Gasteiger partial charge in [-0.15, -0.1) is 0 Å². The fraction of sp³-hybridized carbons (Fsp3) is 0.550. The van der Waals surface area contributed by atoms with Gasteiger partial charge in [0.15, 0.2) is 0 Å². The van der Waals surface area contributed by atoms with Gasteiger partial charge >= 0.3 is 0 Å². The predicted octanol–water partition coefficient (Wildman–Crippen LogP) is 3.05. The number of benzene rings is 1. The van der Waals surface area contributed by atoms with E-state index in [4.69, 9.17) is 0 Å². The molecule has 3 saturated heterocycles. The predicted molar refractivity (Wildman–Crippen MR) is 100 cm³/mol. The number of aryl methyl sites for hydroxylation is 1. The molecule has 3 fully saturated rings. The molecule has 138 valence electrons. The van der Waals surface area contributed by atoms with E-state index in [9.17, 15) is 14.4 Å². The lowest BCUT2D eigenvalue weighted by atomic mass is 9.95. The zero-order valence-corrected chi connectivity index (χ0v) is 16.3. The Morgan fingerprint density at radius 1 is 1.00 bits per heavy atom. The summed E-state index contributed by atoms with van der Waals surface area (Å²) in [5, 5.41) is 0. The molecule has 5 nitrogen and oxygen atoms in total. The first-order chi connectivity index (χ1) is 12.5. The molecule has 3 aliphatic heterocycles. The van der Waals surface area contributed by atoms with Crippen molar-refractivity contribution in [1.29, 1.82) is 0 Å². The minimum atomic E-state index is -0.0342. The number of piperidine rings is 1. The monoisotopic (exact) mass is 418 g/mol. The smallest absolute Gasteiger partial charge is 0.229 e. The molecule has 26 heavy (non-hydrogen) atoms. The molecule has 0 N–H and O–H groups in total. The van der Waals surface area contributed by atoms with Crippen LogP contribution >= 0.6 is 15.9 Å². The van der Waals surface area contributed by atoms with Crippen LogP contribution in [0.25, 0.3) is 0 Å². The molecule has 0 radical (unpaired) electrons. The maximum absolute atomic E-state index is 12.9. The SMILES string of the molecule is O=C1CCC(=O)N1C1CC2CCC(C1)N2C(=O)CCc1ccccc1Br. The lowest BCUT2D eigenvalue weighted by Gasteiger charge is -2.41. The van der Waals surface area contributed by atoms with Crippen LogP contribution < -0.4 is 0 Å². The fourth-order valence-electron chi connectivity index (χ4n) is 4.84. The van der Waals surface area contributed by atoms with Crippen molar-refractivity contribution in [2.75, 3.05) is 0 Å². The van der Waals surface area contributed by atoms with Gasteiger partial charge in [0.25, 0.3) is 0 Å². The summed E-state index contributed by atoms with van der Waals surface area (Å²) in [5.41, 5.74) is 1.15. The number of fused-ring (bicyclic) bond motifs is 2. The van der Waals surface area contributed by atoms with Crippen LogP contribution in [-0.2, 0) is 20.8 Å². The first kappa shape index (κ1) is 17.7. The van der Waals surface area contributed by atoms with Gasteiger partial charge in [-0.2, -0.15) is 0 Å². The quantitative estimate of drug-likeness (QED) is 0.705. The van der Waals surface area contributed by atoms with E-state index in [2.05, 4.69) is 20.8 Å². The van der Waals surface area contributed by atoms with Crippen molar-refractivity contribution in [2.24, 2.45) is 0 Å². The van der Waals surface area contributed by atoms with Crippen molar-refractivity contribution in [2.45, 2.75) is 69.5 Å². The summed E-state index contributed by atoms with van der Waals surface area (Å²) in [7, 11) is 0. The largest absolute Gasteiger partial charge is 0.337 e. The molecule has 0 aromatic heterocycles. The van der Waals surface area contributed by atoms with E-state index in [1.165, 1.54) is 4.90 Å². The highest BCUT2D eigenvalue weighted by molar-refractivity contribution is 9.10. The molecular weight excluding hydrogens is 396 g/mol. The zero-order chi connectivity index (χ0) is 18.3. The molecule has 2 bridgehead atoms. The Morgan fingerprint density at radius 2 is 1.62 bits per heavy atom. The molecule has 4 rings (SSSR count). The number of likely N-dealkylation sites (tertiary alicyclic amines) is 1. The number of amides is 3. The van der Waals surface area contributed by atoms with Crippen LogP contribution in [0.3, 0.4) is 0 Å². The number of hydrogen-bond donors (Lipinski definition) is 0. The van der Waals surface area contributed by atoms with E-state index in [1.54, 1.807) is 0 Å². The summed E-state index contributed by atoms with van der Waals surface area (Å²) in [4.78, 5) is 40.5. The Bertz CT molecular complexity index is 720. The van der Waals surface area contributed by atoms with E-state index < -0.39 is 0 Å². The number of carbonyl (C=O) groups excluding carboxylic acids is 3. The third kappa shape index (κ3) is 3.20. The van der Waals surface area contributed by atoms with Crippen LogP contribution in [-0.4, -0.2) is 45.6 Å². The summed E-state index contributed by atoms with van der Waals surface area (Å²) < 4.78 is 1.04. The summed E-state index contributed by atoms with van der Waals surface area (Å²) in [6, 6.07) is 8.34. The number of rotatable bonds is 4. The van der Waals surface area contributed by atoms with Gasteiger partial charge in [-0.25, -0.2) is 0 Å². The van der Waals surface area contributed by atoms with Gasteiger partial charge in [-0.05, 0) is 43.7 Å². The van der Waals surface area contributed by atoms with Gasteiger partial charge in [-0.3, -0.25) is 19.3 Å². The summed E-state index contributed by atoms with van der Waals surface area (Å²) >= 11 is 3.54. The number of nitrogens with zero attached hydrogens (tertiary/aromatic N) is 2. The average molecular weight is 419 g/mol. The van der Waals surface area contributed by atoms with E-state index >= 15 is 0 Å². The number of carbonyl (C=O) groups is 3. The van der Waals surface area contributed by atoms with E-state index in [-0.39, 0.29) is 35.8 Å². The van der Waals surface area contributed by atoms with Crippen molar-refractivity contribution in [1.82, 2.24) is 9.80 Å². The topological polar surface area (TPSA) is 57.7 Å². The van der Waals surface area contributed by atoms with Crippen molar-refractivity contribution in [3.8, 4) is 0 Å². The second kappa shape index (κ2) is 7.14. The van der Waals surface area contributed by atoms with Crippen LogP contribution in [0.1, 0.15) is 50.5 Å². The normalized spacial score (nSPS) is 28.1. The zero-order valence-electron chi connectivity index (χ0n) is 14.7. The van der Waals surface area contributed by atoms with E-state index in [0.29, 0.717) is 19.3 Å². The van der Waals surface area contributed by atoms with Gasteiger partial charge in [0.1, 0.15) is 0 Å². The lowest BCUT2D eigenvalue weighted by Crippen LogP contribution is -2.53. The molecule has 3 amide bonds. The molecule has 6 heteroatoms. The third-order valence-corrected chi connectivity index (χ3v) is 6.79. The van der Waals surface area contributed by atoms with Crippen LogP contribution in [0.15, 0.2) is 28.7 Å².